The summed E-state index contributed by atoms with van der Waals surface area (Å²) in [5, 5.41) is 0. The van der Waals surface area contributed by atoms with Crippen molar-refractivity contribution in [2.45, 2.75) is 32.2 Å². The molecule has 3 nitrogen and oxygen atoms in total. The first-order valence-electron chi connectivity index (χ1n) is 7.12. The number of ether oxygens (including phenoxy) is 1. The van der Waals surface area contributed by atoms with Gasteiger partial charge in [0.05, 0.1) is 23.3 Å². The monoisotopic (exact) mass is 311 g/mol. The zero-order valence-electron chi connectivity index (χ0n) is 12.5. The van der Waals surface area contributed by atoms with E-state index in [0.717, 1.165) is 18.4 Å². The number of halogens is 1. The number of nitrogens with one attached hydrogen (secondary N) is 1. The van der Waals surface area contributed by atoms with Crippen molar-refractivity contribution in [3.8, 4) is 5.75 Å². The minimum atomic E-state index is -1.21. The van der Waals surface area contributed by atoms with E-state index in [2.05, 4.69) is 11.3 Å². The molecule has 0 amide bonds. The Bertz CT molecular complexity index is 541. The van der Waals surface area contributed by atoms with Crippen LogP contribution in [0.1, 0.15) is 32.3 Å². The number of rotatable bonds is 8. The molecule has 1 aliphatic carbocycles. The first-order chi connectivity index (χ1) is 9.92. The van der Waals surface area contributed by atoms with Crippen LogP contribution in [0.5, 0.6) is 5.75 Å². The van der Waals surface area contributed by atoms with Gasteiger partial charge in [0.1, 0.15) is 0 Å². The van der Waals surface area contributed by atoms with Gasteiger partial charge in [-0.25, -0.2) is 13.3 Å². The van der Waals surface area contributed by atoms with Gasteiger partial charge >= 0.3 is 0 Å². The maximum absolute atomic E-state index is 13.8. The van der Waals surface area contributed by atoms with Gasteiger partial charge in [0.15, 0.2) is 11.6 Å². The van der Waals surface area contributed by atoms with Crippen LogP contribution in [0, 0.1) is 11.7 Å². The Kier molecular flexibility index (Phi) is 5.17. The Morgan fingerprint density at radius 2 is 2.24 bits per heavy atom. The molecule has 0 saturated heterocycles. The molecular weight excluding hydrogens is 289 g/mol. The largest absolute Gasteiger partial charge is 0.490 e. The van der Waals surface area contributed by atoms with E-state index < -0.39 is 16.5 Å². The summed E-state index contributed by atoms with van der Waals surface area (Å²) < 4.78 is 34.2. The van der Waals surface area contributed by atoms with Crippen LogP contribution in [0.2, 0.25) is 0 Å². The van der Waals surface area contributed by atoms with Crippen LogP contribution >= 0.6 is 0 Å². The smallest absolute Gasteiger partial charge is 0.165 e. The molecule has 1 N–H and O–H groups in total. The highest BCUT2D eigenvalue weighted by Crippen LogP contribution is 2.31. The van der Waals surface area contributed by atoms with Crippen LogP contribution in [0.25, 0.3) is 0 Å². The summed E-state index contributed by atoms with van der Waals surface area (Å²) >= 11 is 0. The number of benzene rings is 1. The first-order valence-corrected chi connectivity index (χ1v) is 8.44. The molecule has 1 atom stereocenters. The fourth-order valence-electron chi connectivity index (χ4n) is 1.99. The Morgan fingerprint density at radius 3 is 2.86 bits per heavy atom. The lowest BCUT2D eigenvalue weighted by atomic mass is 9.95. The minimum absolute atomic E-state index is 0.267. The molecule has 1 unspecified atom stereocenters. The lowest BCUT2D eigenvalue weighted by molar-refractivity contribution is 0.284. The average molecular weight is 311 g/mol. The molecule has 0 spiro atoms. The molecule has 116 valence electrons. The van der Waals surface area contributed by atoms with E-state index in [1.165, 1.54) is 6.07 Å². The topological polar surface area (TPSA) is 38.3 Å². The van der Waals surface area contributed by atoms with E-state index in [1.807, 2.05) is 13.8 Å². The molecule has 2 rings (SSSR count). The van der Waals surface area contributed by atoms with Gasteiger partial charge in [-0.3, -0.25) is 0 Å². The van der Waals surface area contributed by atoms with Gasteiger partial charge in [0, 0.05) is 5.54 Å². The molecule has 1 aromatic rings. The third kappa shape index (κ3) is 4.64. The zero-order valence-corrected chi connectivity index (χ0v) is 13.3. The molecule has 1 saturated carbocycles. The van der Waals surface area contributed by atoms with E-state index in [9.17, 15) is 8.60 Å². The molecule has 0 heterocycles. The van der Waals surface area contributed by atoms with Gasteiger partial charge in [-0.1, -0.05) is 12.1 Å². The van der Waals surface area contributed by atoms with Crippen molar-refractivity contribution in [2.24, 2.45) is 5.92 Å². The predicted octanol–water partition coefficient (Wildman–Crippen LogP) is 3.29. The maximum atomic E-state index is 13.8. The minimum Gasteiger partial charge on any atom is -0.490 e. The summed E-state index contributed by atoms with van der Waals surface area (Å²) in [6, 6.07) is 4.78. The van der Waals surface area contributed by atoms with Gasteiger partial charge in [-0.05, 0) is 50.3 Å². The molecule has 21 heavy (non-hydrogen) atoms. The molecule has 1 aliphatic rings. The highest BCUT2D eigenvalue weighted by molar-refractivity contribution is 7.83. The Labute approximate surface area is 128 Å². The van der Waals surface area contributed by atoms with Crippen LogP contribution in [-0.2, 0) is 16.5 Å². The second-order valence-electron chi connectivity index (χ2n) is 5.93. The highest BCUT2D eigenvalue weighted by atomic mass is 32.2. The van der Waals surface area contributed by atoms with Crippen molar-refractivity contribution in [1.82, 2.24) is 4.72 Å². The summed E-state index contributed by atoms with van der Waals surface area (Å²) in [7, 11) is -1.21. The van der Waals surface area contributed by atoms with Crippen LogP contribution in [0.4, 0.5) is 4.39 Å². The molecule has 0 bridgehead atoms. The van der Waals surface area contributed by atoms with Crippen molar-refractivity contribution >= 4 is 11.0 Å². The summed E-state index contributed by atoms with van der Waals surface area (Å²) in [5.41, 5.74) is 0.298. The van der Waals surface area contributed by atoms with Gasteiger partial charge in [0.2, 0.25) is 0 Å². The summed E-state index contributed by atoms with van der Waals surface area (Å²) in [6.07, 6.45) is 3.93. The Morgan fingerprint density at radius 1 is 1.52 bits per heavy atom. The van der Waals surface area contributed by atoms with Crippen molar-refractivity contribution < 1.29 is 13.3 Å². The quantitative estimate of drug-likeness (QED) is 0.748. The number of hydrogen-bond acceptors (Lipinski definition) is 2. The van der Waals surface area contributed by atoms with E-state index in [-0.39, 0.29) is 11.6 Å². The van der Waals surface area contributed by atoms with Gasteiger partial charge in [0.25, 0.3) is 0 Å². The van der Waals surface area contributed by atoms with Gasteiger partial charge in [-0.15, -0.1) is 6.58 Å². The first kappa shape index (κ1) is 16.2. The van der Waals surface area contributed by atoms with Crippen LogP contribution in [0.3, 0.4) is 0 Å². The lowest BCUT2D eigenvalue weighted by Crippen LogP contribution is -2.38. The fourth-order valence-corrected chi connectivity index (χ4v) is 2.97. The number of hydrogen-bond donors (Lipinski definition) is 1. The van der Waals surface area contributed by atoms with E-state index >= 15 is 0 Å². The molecule has 1 aromatic carbocycles. The summed E-state index contributed by atoms with van der Waals surface area (Å²) in [6.45, 7) is 7.96. The molecule has 0 radical (unpaired) electrons. The van der Waals surface area contributed by atoms with E-state index in [4.69, 9.17) is 4.74 Å². The van der Waals surface area contributed by atoms with Crippen molar-refractivity contribution in [3.05, 3.63) is 42.2 Å². The lowest BCUT2D eigenvalue weighted by Gasteiger charge is -2.26. The summed E-state index contributed by atoms with van der Waals surface area (Å²) in [4.78, 5) is 0. The van der Waals surface area contributed by atoms with Crippen molar-refractivity contribution in [1.29, 1.82) is 0 Å². The third-order valence-corrected chi connectivity index (χ3v) is 4.74. The maximum Gasteiger partial charge on any atom is 0.165 e. The predicted molar refractivity (Wildman–Crippen MR) is 84.0 cm³/mol. The molecule has 0 aromatic heterocycles. The van der Waals surface area contributed by atoms with Gasteiger partial charge < -0.3 is 4.74 Å². The Hall–Kier alpha value is -1.20. The van der Waals surface area contributed by atoms with Crippen LogP contribution in [0.15, 0.2) is 30.9 Å². The van der Waals surface area contributed by atoms with E-state index in [0.29, 0.717) is 18.3 Å². The average Bonchev–Trinajstić information content (AvgIpc) is 3.21. The normalized spacial score (nSPS) is 16.5. The standard InChI is InChI=1S/C16H22FNO2S/c1-4-9-21(19)18-16(2,3)13-7-8-14(17)15(10-13)20-11-12-5-6-12/h4,7-8,10,12,18H,1,5-6,9,11H2,2-3H3. The molecular formula is C16H22FNO2S. The fraction of sp³-hybridized carbons (Fsp3) is 0.500. The van der Waals surface area contributed by atoms with E-state index in [1.54, 1.807) is 18.2 Å². The van der Waals surface area contributed by atoms with Crippen LogP contribution in [-0.4, -0.2) is 16.6 Å². The second-order valence-corrected chi connectivity index (χ2v) is 7.16. The highest BCUT2D eigenvalue weighted by Gasteiger charge is 2.25. The zero-order chi connectivity index (χ0) is 15.5. The van der Waals surface area contributed by atoms with Gasteiger partial charge in [-0.2, -0.15) is 0 Å². The second kappa shape index (κ2) is 6.71. The SMILES string of the molecule is C=CCS(=O)NC(C)(C)c1ccc(F)c(OCC2CC2)c1. The van der Waals surface area contributed by atoms with Crippen LogP contribution < -0.4 is 9.46 Å². The third-order valence-electron chi connectivity index (χ3n) is 3.46. The summed E-state index contributed by atoms with van der Waals surface area (Å²) in [5.74, 6) is 0.848. The molecule has 5 heteroatoms. The molecule has 0 aliphatic heterocycles. The van der Waals surface area contributed by atoms with Crippen molar-refractivity contribution in [3.63, 3.8) is 0 Å². The van der Waals surface area contributed by atoms with Crippen molar-refractivity contribution in [2.75, 3.05) is 12.4 Å². The Balaban J connectivity index is 2.11. The molecule has 1 fully saturated rings.